The van der Waals surface area contributed by atoms with Gasteiger partial charge in [-0.1, -0.05) is 12.2 Å². The van der Waals surface area contributed by atoms with Gasteiger partial charge in [0.2, 0.25) is 0 Å². The van der Waals surface area contributed by atoms with Crippen molar-refractivity contribution >= 4 is 8.58 Å². The molecule has 1 heterocycles. The Hall–Kier alpha value is -0.0900. The molecule has 0 radical (unpaired) electrons. The fourth-order valence-electron chi connectivity index (χ4n) is 1.17. The van der Waals surface area contributed by atoms with E-state index in [1.165, 1.54) is 12.8 Å². The van der Waals surface area contributed by atoms with Crippen molar-refractivity contribution in [1.29, 1.82) is 0 Å². The van der Waals surface area contributed by atoms with E-state index in [0.29, 0.717) is 0 Å². The molecule has 0 aromatic heterocycles. The molecule has 50 valence electrons. The highest BCUT2D eigenvalue weighted by molar-refractivity contribution is 7.40. The third-order valence-corrected chi connectivity index (χ3v) is 3.69. The summed E-state index contributed by atoms with van der Waals surface area (Å²) >= 11 is 0. The van der Waals surface area contributed by atoms with Crippen molar-refractivity contribution < 1.29 is 0 Å². The van der Waals surface area contributed by atoms with E-state index in [9.17, 15) is 0 Å². The van der Waals surface area contributed by atoms with E-state index in [0.717, 1.165) is 19.9 Å². The lowest BCUT2D eigenvalue weighted by Crippen LogP contribution is -1.85. The molecule has 1 rings (SSSR count). The van der Waals surface area contributed by atoms with Crippen LogP contribution in [0.25, 0.3) is 0 Å². The molecule has 1 aliphatic heterocycles. The van der Waals surface area contributed by atoms with Crippen LogP contribution in [0.15, 0.2) is 25.3 Å². The zero-order chi connectivity index (χ0) is 6.69. The van der Waals surface area contributed by atoms with Gasteiger partial charge in [-0.15, -0.1) is 21.7 Å². The molecule has 2 unspecified atom stereocenters. The summed E-state index contributed by atoms with van der Waals surface area (Å²) in [5, 5.41) is 0. The van der Waals surface area contributed by atoms with Gasteiger partial charge in [0.05, 0.1) is 0 Å². The van der Waals surface area contributed by atoms with Gasteiger partial charge < -0.3 is 0 Å². The minimum Gasteiger partial charge on any atom is -0.108 e. The smallest absolute Gasteiger partial charge is 0.00543 e. The van der Waals surface area contributed by atoms with Crippen LogP contribution in [0.1, 0.15) is 12.8 Å². The highest BCUT2D eigenvalue weighted by Crippen LogP contribution is 2.40. The highest BCUT2D eigenvalue weighted by atomic mass is 31.1. The van der Waals surface area contributed by atoms with Crippen LogP contribution in [0.3, 0.4) is 0 Å². The van der Waals surface area contributed by atoms with Gasteiger partial charge >= 0.3 is 0 Å². The Labute approximate surface area is 58.8 Å². The molecule has 0 nitrogen and oxygen atoms in total. The van der Waals surface area contributed by atoms with Crippen LogP contribution in [-0.2, 0) is 0 Å². The van der Waals surface area contributed by atoms with Gasteiger partial charge in [-0.2, -0.15) is 0 Å². The number of rotatable bonds is 2. The summed E-state index contributed by atoms with van der Waals surface area (Å²) in [6.45, 7) is 7.57. The molecule has 0 aromatic rings. The maximum Gasteiger partial charge on any atom is -0.00543 e. The molecule has 1 fully saturated rings. The predicted octanol–water partition coefficient (Wildman–Crippen LogP) is 2.57. The van der Waals surface area contributed by atoms with Gasteiger partial charge in [-0.05, 0) is 24.2 Å². The molecule has 2 atom stereocenters. The minimum absolute atomic E-state index is 0.799. The second kappa shape index (κ2) is 3.17. The Morgan fingerprint density at radius 1 is 1.11 bits per heavy atom. The Morgan fingerprint density at radius 3 is 1.78 bits per heavy atom. The molecule has 0 N–H and O–H groups in total. The molecule has 0 aliphatic carbocycles. The Bertz CT molecular complexity index is 104. The first kappa shape index (κ1) is 7.02. The van der Waals surface area contributed by atoms with E-state index in [1.807, 2.05) is 0 Å². The van der Waals surface area contributed by atoms with Crippen LogP contribution in [0, 0.1) is 0 Å². The Balaban J connectivity index is 2.36. The normalized spacial score (nSPS) is 36.9. The average molecular weight is 140 g/mol. The molecule has 1 aliphatic rings. The van der Waals surface area contributed by atoms with Crippen molar-refractivity contribution in [3.63, 3.8) is 0 Å². The summed E-state index contributed by atoms with van der Waals surface area (Å²) in [6, 6.07) is 0. The molecule has 0 amide bonds. The molecule has 0 saturated carbocycles. The summed E-state index contributed by atoms with van der Waals surface area (Å²) < 4.78 is 0. The van der Waals surface area contributed by atoms with Crippen LogP contribution in [0.4, 0.5) is 0 Å². The summed E-state index contributed by atoms with van der Waals surface area (Å²) in [5.41, 5.74) is 1.60. The standard InChI is InChI=1S/C8H13P/c1-3-7-5-6-8(4-2)9-7/h3-4,7-9H,1-2,5-6H2. The van der Waals surface area contributed by atoms with Crippen LogP contribution in [0.2, 0.25) is 0 Å². The zero-order valence-corrected chi connectivity index (χ0v) is 6.64. The number of allylic oxidation sites excluding steroid dienone is 2. The molecule has 1 heteroatoms. The monoisotopic (exact) mass is 140 g/mol. The second-order valence-electron chi connectivity index (χ2n) is 2.43. The van der Waals surface area contributed by atoms with E-state index in [-0.39, 0.29) is 0 Å². The van der Waals surface area contributed by atoms with Crippen molar-refractivity contribution in [3.8, 4) is 0 Å². The lowest BCUT2D eigenvalue weighted by Gasteiger charge is -2.00. The third-order valence-electron chi connectivity index (χ3n) is 1.79. The number of hydrogen-bond donors (Lipinski definition) is 0. The second-order valence-corrected chi connectivity index (χ2v) is 4.24. The third kappa shape index (κ3) is 1.66. The van der Waals surface area contributed by atoms with E-state index in [1.54, 1.807) is 0 Å². The molecular weight excluding hydrogens is 127 g/mol. The predicted molar refractivity (Wildman–Crippen MR) is 45.5 cm³/mol. The summed E-state index contributed by atoms with van der Waals surface area (Å²) in [4.78, 5) is 0. The largest absolute Gasteiger partial charge is 0.108 e. The highest BCUT2D eigenvalue weighted by Gasteiger charge is 2.18. The van der Waals surface area contributed by atoms with Crippen molar-refractivity contribution in [3.05, 3.63) is 25.3 Å². The summed E-state index contributed by atoms with van der Waals surface area (Å²) in [6.07, 6.45) is 6.83. The Morgan fingerprint density at radius 2 is 1.56 bits per heavy atom. The average Bonchev–Trinajstić information content (AvgIpc) is 2.34. The fraction of sp³-hybridized carbons (Fsp3) is 0.500. The molecule has 0 spiro atoms. The molecule has 9 heavy (non-hydrogen) atoms. The van der Waals surface area contributed by atoms with Crippen LogP contribution >= 0.6 is 8.58 Å². The van der Waals surface area contributed by atoms with Gasteiger partial charge in [0.15, 0.2) is 0 Å². The van der Waals surface area contributed by atoms with Gasteiger partial charge in [-0.25, -0.2) is 0 Å². The van der Waals surface area contributed by atoms with Crippen LogP contribution in [0.5, 0.6) is 0 Å². The van der Waals surface area contributed by atoms with Gasteiger partial charge in [-0.3, -0.25) is 0 Å². The van der Waals surface area contributed by atoms with Crippen molar-refractivity contribution in [2.75, 3.05) is 0 Å². The molecular formula is C8H13P. The van der Waals surface area contributed by atoms with E-state index in [4.69, 9.17) is 0 Å². The summed E-state index contributed by atoms with van der Waals surface area (Å²) in [5.74, 6) is 0. The fourth-order valence-corrected chi connectivity index (χ4v) is 2.66. The van der Waals surface area contributed by atoms with Crippen molar-refractivity contribution in [2.24, 2.45) is 0 Å². The van der Waals surface area contributed by atoms with Gasteiger partial charge in [0, 0.05) is 0 Å². The summed E-state index contributed by atoms with van der Waals surface area (Å²) in [7, 11) is 1.05. The molecule has 0 aromatic carbocycles. The van der Waals surface area contributed by atoms with E-state index in [2.05, 4.69) is 25.3 Å². The van der Waals surface area contributed by atoms with Crippen LogP contribution in [-0.4, -0.2) is 11.3 Å². The van der Waals surface area contributed by atoms with Crippen LogP contribution < -0.4 is 0 Å². The van der Waals surface area contributed by atoms with Gasteiger partial charge in [0.25, 0.3) is 0 Å². The molecule has 1 saturated heterocycles. The van der Waals surface area contributed by atoms with Crippen molar-refractivity contribution in [1.82, 2.24) is 0 Å². The quantitative estimate of drug-likeness (QED) is 0.408. The first-order valence-electron chi connectivity index (χ1n) is 3.38. The lowest BCUT2D eigenvalue weighted by molar-refractivity contribution is 0.835. The Kier molecular flexibility index (Phi) is 2.48. The maximum atomic E-state index is 3.78. The van der Waals surface area contributed by atoms with Crippen molar-refractivity contribution in [2.45, 2.75) is 24.2 Å². The molecule has 0 bridgehead atoms. The van der Waals surface area contributed by atoms with E-state index < -0.39 is 0 Å². The first-order valence-corrected chi connectivity index (χ1v) is 4.53. The zero-order valence-electron chi connectivity index (χ0n) is 5.64. The topological polar surface area (TPSA) is 0 Å². The number of hydrogen-bond acceptors (Lipinski definition) is 0. The lowest BCUT2D eigenvalue weighted by atomic mass is 10.2. The van der Waals surface area contributed by atoms with Gasteiger partial charge in [0.1, 0.15) is 0 Å². The maximum absolute atomic E-state index is 3.78. The van der Waals surface area contributed by atoms with E-state index >= 15 is 0 Å². The first-order chi connectivity index (χ1) is 4.36. The SMILES string of the molecule is C=CC1CCC(C=C)P1. The minimum atomic E-state index is 0.799.